The molecule has 0 aromatic heterocycles. The summed E-state index contributed by atoms with van der Waals surface area (Å²) in [6, 6.07) is 13.5. The van der Waals surface area contributed by atoms with E-state index in [4.69, 9.17) is 12.2 Å². The van der Waals surface area contributed by atoms with Crippen molar-refractivity contribution in [3.05, 3.63) is 64.1 Å². The van der Waals surface area contributed by atoms with Crippen molar-refractivity contribution in [2.45, 2.75) is 33.6 Å². The van der Waals surface area contributed by atoms with Crippen LogP contribution in [0.2, 0.25) is 0 Å². The highest BCUT2D eigenvalue weighted by molar-refractivity contribution is 8.27. The van der Waals surface area contributed by atoms with Crippen LogP contribution in [0.1, 0.15) is 36.5 Å². The maximum Gasteiger partial charge on any atom is 0.271 e. The van der Waals surface area contributed by atoms with Gasteiger partial charge in [-0.3, -0.25) is 14.5 Å². The Morgan fingerprint density at radius 2 is 1.69 bits per heavy atom. The third-order valence-corrected chi connectivity index (χ3v) is 6.84. The molecule has 2 heterocycles. The number of benzene rings is 2. The second kappa shape index (κ2) is 7.76. The quantitative estimate of drug-likeness (QED) is 0.500. The number of hydrogen-bond acceptors (Lipinski definition) is 4. The Bertz CT molecular complexity index is 1070. The molecule has 6 heteroatoms. The Morgan fingerprint density at radius 1 is 0.966 bits per heavy atom. The first-order chi connectivity index (χ1) is 14.0. The Kier molecular flexibility index (Phi) is 5.32. The van der Waals surface area contributed by atoms with Crippen LogP contribution in [-0.4, -0.2) is 22.7 Å². The molecular formula is C23H22N2O2S2. The van der Waals surface area contributed by atoms with Gasteiger partial charge in [-0.2, -0.15) is 0 Å². The van der Waals surface area contributed by atoms with Gasteiger partial charge in [-0.15, -0.1) is 0 Å². The number of rotatable bonds is 4. The standard InChI is InChI=1S/C23H22N2O2S2/c1-4-5-13-24-18-11-7-6-10-16(18)19(21(24)26)20-22(27)25(23(28)29-20)17-12-8-9-14(2)15(17)3/h6-12H,4-5,13H2,1-3H3/b20-19-. The zero-order valence-electron chi connectivity index (χ0n) is 16.7. The van der Waals surface area contributed by atoms with Gasteiger partial charge >= 0.3 is 0 Å². The summed E-state index contributed by atoms with van der Waals surface area (Å²) in [5, 5.41) is 0. The molecule has 0 atom stereocenters. The van der Waals surface area contributed by atoms with Gasteiger partial charge in [0.05, 0.1) is 21.9 Å². The summed E-state index contributed by atoms with van der Waals surface area (Å²) in [6.45, 7) is 6.74. The predicted molar refractivity (Wildman–Crippen MR) is 124 cm³/mol. The summed E-state index contributed by atoms with van der Waals surface area (Å²) in [4.78, 5) is 30.5. The van der Waals surface area contributed by atoms with Gasteiger partial charge < -0.3 is 4.90 Å². The van der Waals surface area contributed by atoms with Crippen molar-refractivity contribution in [3.8, 4) is 0 Å². The smallest absolute Gasteiger partial charge is 0.271 e. The number of para-hydroxylation sites is 1. The van der Waals surface area contributed by atoms with Crippen LogP contribution in [0.25, 0.3) is 5.57 Å². The lowest BCUT2D eigenvalue weighted by Crippen LogP contribution is -2.30. The number of thioether (sulfide) groups is 1. The number of anilines is 2. The molecule has 0 saturated carbocycles. The lowest BCUT2D eigenvalue weighted by molar-refractivity contribution is -0.115. The van der Waals surface area contributed by atoms with Crippen LogP contribution < -0.4 is 9.80 Å². The van der Waals surface area contributed by atoms with Gasteiger partial charge in [0.2, 0.25) is 0 Å². The maximum absolute atomic E-state index is 13.4. The van der Waals surface area contributed by atoms with Crippen molar-refractivity contribution in [3.63, 3.8) is 0 Å². The molecule has 2 amide bonds. The maximum atomic E-state index is 13.4. The molecule has 0 aliphatic carbocycles. The molecular weight excluding hydrogens is 400 g/mol. The van der Waals surface area contributed by atoms with E-state index in [0.717, 1.165) is 40.9 Å². The molecule has 4 rings (SSSR count). The van der Waals surface area contributed by atoms with Crippen LogP contribution in [0.4, 0.5) is 11.4 Å². The van der Waals surface area contributed by atoms with E-state index in [-0.39, 0.29) is 11.8 Å². The van der Waals surface area contributed by atoms with Crippen LogP contribution in [0.15, 0.2) is 47.4 Å². The zero-order chi connectivity index (χ0) is 20.7. The fraction of sp³-hybridized carbons (Fsp3) is 0.261. The van der Waals surface area contributed by atoms with Crippen LogP contribution in [-0.2, 0) is 9.59 Å². The number of nitrogens with zero attached hydrogens (tertiary/aromatic N) is 2. The first-order valence-corrected chi connectivity index (χ1v) is 11.0. The minimum Gasteiger partial charge on any atom is -0.308 e. The van der Waals surface area contributed by atoms with Crippen LogP contribution in [0.5, 0.6) is 0 Å². The average molecular weight is 423 g/mol. The number of amides is 2. The molecule has 0 radical (unpaired) electrons. The Balaban J connectivity index is 1.82. The van der Waals surface area contributed by atoms with Gasteiger partial charge in [0.15, 0.2) is 4.32 Å². The van der Waals surface area contributed by atoms with E-state index >= 15 is 0 Å². The highest BCUT2D eigenvalue weighted by atomic mass is 32.2. The SMILES string of the molecule is CCCCN1C(=O)/C(=C2\SC(=S)N(c3cccc(C)c3C)C2=O)c2ccccc21. The van der Waals surface area contributed by atoms with E-state index in [0.29, 0.717) is 21.3 Å². The number of thiocarbonyl (C=S) groups is 1. The highest BCUT2D eigenvalue weighted by Gasteiger charge is 2.42. The molecule has 1 fully saturated rings. The first-order valence-electron chi connectivity index (χ1n) is 9.73. The molecule has 2 aliphatic rings. The molecule has 29 heavy (non-hydrogen) atoms. The van der Waals surface area contributed by atoms with E-state index in [9.17, 15) is 9.59 Å². The molecule has 2 aromatic rings. The van der Waals surface area contributed by atoms with Crippen LogP contribution in [0, 0.1) is 13.8 Å². The van der Waals surface area contributed by atoms with E-state index < -0.39 is 0 Å². The lowest BCUT2D eigenvalue weighted by atomic mass is 10.1. The number of carbonyl (C=O) groups is 2. The van der Waals surface area contributed by atoms with Gasteiger partial charge in [0, 0.05) is 12.1 Å². The van der Waals surface area contributed by atoms with E-state index in [1.807, 2.05) is 56.3 Å². The Labute approximate surface area is 180 Å². The minimum absolute atomic E-state index is 0.110. The van der Waals surface area contributed by atoms with Crippen LogP contribution in [0.3, 0.4) is 0 Å². The largest absolute Gasteiger partial charge is 0.308 e. The fourth-order valence-electron chi connectivity index (χ4n) is 3.74. The Hall–Kier alpha value is -2.44. The van der Waals surface area contributed by atoms with Gasteiger partial charge in [-0.1, -0.05) is 67.7 Å². The topological polar surface area (TPSA) is 40.6 Å². The van der Waals surface area contributed by atoms with Gasteiger partial charge in [0.25, 0.3) is 11.8 Å². The molecule has 0 spiro atoms. The molecule has 2 aromatic carbocycles. The lowest BCUT2D eigenvalue weighted by Gasteiger charge is -2.18. The van der Waals surface area contributed by atoms with E-state index in [1.54, 1.807) is 9.80 Å². The van der Waals surface area contributed by atoms with E-state index in [1.165, 1.54) is 11.8 Å². The molecule has 4 nitrogen and oxygen atoms in total. The normalized spacial score (nSPS) is 18.8. The van der Waals surface area contributed by atoms with Gasteiger partial charge in [-0.05, 0) is 43.5 Å². The highest BCUT2D eigenvalue weighted by Crippen LogP contribution is 2.46. The molecule has 0 N–H and O–H groups in total. The van der Waals surface area contributed by atoms with Crippen molar-refractivity contribution < 1.29 is 9.59 Å². The van der Waals surface area contributed by atoms with Gasteiger partial charge in [0.1, 0.15) is 0 Å². The third kappa shape index (κ3) is 3.20. The summed E-state index contributed by atoms with van der Waals surface area (Å²) in [5.41, 5.74) is 5.05. The molecule has 0 bridgehead atoms. The van der Waals surface area contributed by atoms with Crippen molar-refractivity contribution in [2.75, 3.05) is 16.3 Å². The summed E-state index contributed by atoms with van der Waals surface area (Å²) in [6.07, 6.45) is 1.91. The number of hydrogen-bond donors (Lipinski definition) is 0. The molecule has 148 valence electrons. The first kappa shape index (κ1) is 19.9. The number of fused-ring (bicyclic) bond motifs is 1. The third-order valence-electron chi connectivity index (χ3n) is 5.47. The van der Waals surface area contributed by atoms with Crippen molar-refractivity contribution in [1.29, 1.82) is 0 Å². The summed E-state index contributed by atoms with van der Waals surface area (Å²) < 4.78 is 0.462. The zero-order valence-corrected chi connectivity index (χ0v) is 18.3. The number of unbranched alkanes of at least 4 members (excludes halogenated alkanes) is 1. The predicted octanol–water partition coefficient (Wildman–Crippen LogP) is 5.23. The summed E-state index contributed by atoms with van der Waals surface area (Å²) >= 11 is 6.78. The number of carbonyl (C=O) groups excluding carboxylic acids is 2. The van der Waals surface area contributed by atoms with Gasteiger partial charge in [-0.25, -0.2) is 0 Å². The average Bonchev–Trinajstić information content (AvgIpc) is 3.15. The minimum atomic E-state index is -0.218. The van der Waals surface area contributed by atoms with E-state index in [2.05, 4.69) is 6.92 Å². The summed E-state index contributed by atoms with van der Waals surface area (Å²) in [5.74, 6) is -0.328. The van der Waals surface area contributed by atoms with Crippen molar-refractivity contribution >= 4 is 57.1 Å². The Morgan fingerprint density at radius 3 is 2.45 bits per heavy atom. The van der Waals surface area contributed by atoms with Crippen molar-refractivity contribution in [1.82, 2.24) is 0 Å². The van der Waals surface area contributed by atoms with Crippen molar-refractivity contribution in [2.24, 2.45) is 0 Å². The molecule has 2 aliphatic heterocycles. The second-order valence-electron chi connectivity index (χ2n) is 7.26. The molecule has 0 unspecified atom stereocenters. The number of aryl methyl sites for hydroxylation is 1. The monoisotopic (exact) mass is 422 g/mol. The van der Waals surface area contributed by atoms with Crippen LogP contribution >= 0.6 is 24.0 Å². The summed E-state index contributed by atoms with van der Waals surface area (Å²) in [7, 11) is 0. The molecule has 1 saturated heterocycles. The fourth-order valence-corrected chi connectivity index (χ4v) is 5.10. The second-order valence-corrected chi connectivity index (χ2v) is 8.90.